The summed E-state index contributed by atoms with van der Waals surface area (Å²) in [6, 6.07) is 2.47. The van der Waals surface area contributed by atoms with Gasteiger partial charge in [0.1, 0.15) is 12.2 Å². The summed E-state index contributed by atoms with van der Waals surface area (Å²) < 4.78 is 4.73. The van der Waals surface area contributed by atoms with Crippen LogP contribution in [0.15, 0.2) is 18.3 Å². The second-order valence-corrected chi connectivity index (χ2v) is 4.18. The first-order valence-electron chi connectivity index (χ1n) is 6.26. The summed E-state index contributed by atoms with van der Waals surface area (Å²) in [5.41, 5.74) is 0.586. The molecule has 0 saturated heterocycles. The Morgan fingerprint density at radius 1 is 1.38 bits per heavy atom. The number of ether oxygens (including phenoxy) is 1. The molecule has 21 heavy (non-hydrogen) atoms. The van der Waals surface area contributed by atoms with Crippen LogP contribution in [0.4, 0.5) is 4.79 Å². The quantitative estimate of drug-likeness (QED) is 0.739. The Labute approximate surface area is 121 Å². The van der Waals surface area contributed by atoms with Crippen LogP contribution in [0.3, 0.4) is 0 Å². The van der Waals surface area contributed by atoms with Gasteiger partial charge in [-0.15, -0.1) is 0 Å². The largest absolute Gasteiger partial charge is 0.477 e. The van der Waals surface area contributed by atoms with Gasteiger partial charge >= 0.3 is 18.0 Å². The Bertz CT molecular complexity index is 515. The molecular formula is C13H17N3O5. The highest BCUT2D eigenvalue weighted by atomic mass is 16.5. The van der Waals surface area contributed by atoms with Crippen molar-refractivity contribution in [2.24, 2.45) is 0 Å². The summed E-state index contributed by atoms with van der Waals surface area (Å²) in [6.07, 6.45) is 1.37. The van der Waals surface area contributed by atoms with Crippen molar-refractivity contribution < 1.29 is 24.2 Å². The highest BCUT2D eigenvalue weighted by molar-refractivity contribution is 5.85. The Kier molecular flexibility index (Phi) is 6.12. The average Bonchev–Trinajstić information content (AvgIpc) is 2.45. The third-order valence-corrected chi connectivity index (χ3v) is 2.51. The van der Waals surface area contributed by atoms with Gasteiger partial charge in [-0.05, 0) is 18.6 Å². The van der Waals surface area contributed by atoms with Gasteiger partial charge in [-0.3, -0.25) is 4.79 Å². The molecule has 114 valence electrons. The lowest BCUT2D eigenvalue weighted by molar-refractivity contribution is -0.143. The molecule has 0 atom stereocenters. The van der Waals surface area contributed by atoms with E-state index in [1.54, 1.807) is 13.0 Å². The molecule has 0 aromatic carbocycles. The molecule has 0 radical (unpaired) electrons. The normalized spacial score (nSPS) is 9.81. The molecule has 1 rings (SSSR count). The van der Waals surface area contributed by atoms with Crippen LogP contribution >= 0.6 is 0 Å². The molecule has 0 aliphatic heterocycles. The van der Waals surface area contributed by atoms with Gasteiger partial charge in [0.2, 0.25) is 0 Å². The third kappa shape index (κ3) is 5.47. The van der Waals surface area contributed by atoms with E-state index in [1.165, 1.54) is 24.2 Å². The van der Waals surface area contributed by atoms with Gasteiger partial charge in [-0.2, -0.15) is 0 Å². The van der Waals surface area contributed by atoms with Crippen molar-refractivity contribution in [3.63, 3.8) is 0 Å². The van der Waals surface area contributed by atoms with Crippen LogP contribution in [0.2, 0.25) is 0 Å². The van der Waals surface area contributed by atoms with Crippen molar-refractivity contribution in [3.8, 4) is 0 Å². The minimum atomic E-state index is -1.11. The van der Waals surface area contributed by atoms with Gasteiger partial charge in [0.05, 0.1) is 6.61 Å². The maximum absolute atomic E-state index is 11.7. The number of amides is 2. The number of pyridine rings is 1. The number of likely N-dealkylation sites (N-methyl/N-ethyl adjacent to an activating group) is 1. The van der Waals surface area contributed by atoms with E-state index >= 15 is 0 Å². The first-order chi connectivity index (χ1) is 9.93. The molecule has 0 bridgehead atoms. The number of hydrogen-bond acceptors (Lipinski definition) is 5. The van der Waals surface area contributed by atoms with Crippen LogP contribution < -0.4 is 5.32 Å². The lowest BCUT2D eigenvalue weighted by atomic mass is 10.2. The maximum Gasteiger partial charge on any atom is 0.354 e. The molecule has 0 saturated carbocycles. The Morgan fingerprint density at radius 3 is 2.62 bits per heavy atom. The van der Waals surface area contributed by atoms with Crippen molar-refractivity contribution in [3.05, 3.63) is 29.6 Å². The number of urea groups is 1. The number of carbonyl (C=O) groups excluding carboxylic acids is 2. The summed E-state index contributed by atoms with van der Waals surface area (Å²) in [5.74, 6) is -1.60. The number of aromatic nitrogens is 1. The SMILES string of the molecule is CCOC(=O)CN(C)C(=O)NCc1ccc(C(=O)O)nc1. The maximum atomic E-state index is 11.7. The van der Waals surface area contributed by atoms with E-state index in [0.717, 1.165) is 0 Å². The van der Waals surface area contributed by atoms with Crippen LogP contribution in [-0.4, -0.2) is 53.2 Å². The van der Waals surface area contributed by atoms with Crippen molar-refractivity contribution in [2.75, 3.05) is 20.2 Å². The molecule has 0 aliphatic carbocycles. The van der Waals surface area contributed by atoms with E-state index < -0.39 is 18.0 Å². The van der Waals surface area contributed by atoms with Crippen molar-refractivity contribution in [2.45, 2.75) is 13.5 Å². The van der Waals surface area contributed by atoms with Gasteiger partial charge in [0, 0.05) is 19.8 Å². The van der Waals surface area contributed by atoms with E-state index in [1.807, 2.05) is 0 Å². The van der Waals surface area contributed by atoms with Gasteiger partial charge in [-0.25, -0.2) is 14.6 Å². The number of carboxylic acid groups (broad SMARTS) is 1. The number of esters is 1. The first kappa shape index (κ1) is 16.4. The predicted molar refractivity (Wildman–Crippen MR) is 72.7 cm³/mol. The van der Waals surface area contributed by atoms with Crippen molar-refractivity contribution in [1.29, 1.82) is 0 Å². The number of carboxylic acids is 1. The molecule has 8 nitrogen and oxygen atoms in total. The van der Waals surface area contributed by atoms with Crippen LogP contribution in [0.25, 0.3) is 0 Å². The van der Waals surface area contributed by atoms with Crippen LogP contribution in [0.1, 0.15) is 23.0 Å². The number of nitrogens with one attached hydrogen (secondary N) is 1. The monoisotopic (exact) mass is 295 g/mol. The van der Waals surface area contributed by atoms with Crippen molar-refractivity contribution >= 4 is 18.0 Å². The Hall–Kier alpha value is -2.64. The number of rotatable bonds is 6. The summed E-state index contributed by atoms with van der Waals surface area (Å²) in [7, 11) is 1.47. The lowest BCUT2D eigenvalue weighted by Crippen LogP contribution is -2.40. The first-order valence-corrected chi connectivity index (χ1v) is 6.26. The molecule has 0 fully saturated rings. The zero-order valence-corrected chi connectivity index (χ0v) is 11.8. The molecule has 1 aromatic heterocycles. The van der Waals surface area contributed by atoms with Gasteiger partial charge in [0.15, 0.2) is 0 Å². The van der Waals surface area contributed by atoms with Crippen LogP contribution in [0, 0.1) is 0 Å². The molecule has 2 amide bonds. The van der Waals surface area contributed by atoms with E-state index in [2.05, 4.69) is 10.3 Å². The number of nitrogens with zero attached hydrogens (tertiary/aromatic N) is 2. The number of hydrogen-bond donors (Lipinski definition) is 2. The minimum absolute atomic E-state index is 0.0653. The smallest absolute Gasteiger partial charge is 0.354 e. The molecular weight excluding hydrogens is 278 g/mol. The Morgan fingerprint density at radius 2 is 2.10 bits per heavy atom. The van der Waals surface area contributed by atoms with Gasteiger partial charge in [-0.1, -0.05) is 6.07 Å². The zero-order chi connectivity index (χ0) is 15.8. The average molecular weight is 295 g/mol. The molecule has 1 aromatic rings. The molecule has 0 aliphatic rings. The van der Waals surface area contributed by atoms with Gasteiger partial charge in [0.25, 0.3) is 0 Å². The number of carbonyl (C=O) groups is 3. The summed E-state index contributed by atoms with van der Waals surface area (Å²) in [5, 5.41) is 11.3. The van der Waals surface area contributed by atoms with E-state index in [4.69, 9.17) is 9.84 Å². The molecule has 0 unspecified atom stereocenters. The second-order valence-electron chi connectivity index (χ2n) is 4.18. The third-order valence-electron chi connectivity index (χ3n) is 2.51. The highest BCUT2D eigenvalue weighted by Gasteiger charge is 2.13. The summed E-state index contributed by atoms with van der Waals surface area (Å²) in [6.45, 7) is 1.98. The van der Waals surface area contributed by atoms with Crippen LogP contribution in [0.5, 0.6) is 0 Å². The zero-order valence-electron chi connectivity index (χ0n) is 11.8. The molecule has 2 N–H and O–H groups in total. The molecule has 1 heterocycles. The predicted octanol–water partition coefficient (Wildman–Crippen LogP) is 0.484. The fourth-order valence-electron chi connectivity index (χ4n) is 1.44. The fourth-order valence-corrected chi connectivity index (χ4v) is 1.44. The number of aromatic carboxylic acids is 1. The lowest BCUT2D eigenvalue weighted by Gasteiger charge is -2.16. The summed E-state index contributed by atoms with van der Waals surface area (Å²) >= 11 is 0. The molecule has 0 spiro atoms. The second kappa shape index (κ2) is 7.83. The standard InChI is InChI=1S/C13H17N3O5/c1-3-21-11(17)8-16(2)13(20)15-7-9-4-5-10(12(18)19)14-6-9/h4-6H,3,7-8H2,1-2H3,(H,15,20)(H,18,19). The van der Waals surface area contributed by atoms with Crippen LogP contribution in [-0.2, 0) is 16.1 Å². The minimum Gasteiger partial charge on any atom is -0.477 e. The van der Waals surface area contributed by atoms with E-state index in [-0.39, 0.29) is 25.4 Å². The highest BCUT2D eigenvalue weighted by Crippen LogP contribution is 2.00. The topological polar surface area (TPSA) is 109 Å². The van der Waals surface area contributed by atoms with Crippen molar-refractivity contribution in [1.82, 2.24) is 15.2 Å². The van der Waals surface area contributed by atoms with E-state index in [9.17, 15) is 14.4 Å². The fraction of sp³-hybridized carbons (Fsp3) is 0.385. The van der Waals surface area contributed by atoms with E-state index in [0.29, 0.717) is 5.56 Å². The van der Waals surface area contributed by atoms with Gasteiger partial charge < -0.3 is 20.1 Å². The Balaban J connectivity index is 2.45. The summed E-state index contributed by atoms with van der Waals surface area (Å²) in [4.78, 5) is 38.5. The molecule has 8 heteroatoms.